The zero-order valence-electron chi connectivity index (χ0n) is 9.58. The van der Waals surface area contributed by atoms with E-state index in [0.29, 0.717) is 16.5 Å². The molecule has 2 rings (SSSR count). The average molecular weight is 265 g/mol. The van der Waals surface area contributed by atoms with E-state index in [2.05, 4.69) is 18.3 Å². The fourth-order valence-corrected chi connectivity index (χ4v) is 3.57. The van der Waals surface area contributed by atoms with E-state index in [1.165, 1.54) is 16.2 Å². The normalized spacial score (nSPS) is 18.3. The lowest BCUT2D eigenvalue weighted by Gasteiger charge is -2.17. The van der Waals surface area contributed by atoms with Crippen molar-refractivity contribution in [1.29, 1.82) is 5.26 Å². The molecule has 0 saturated heterocycles. The standard InChI is InChI=1S/C12H13N2OS2/c1-7-2-3-8-9(5-13)12(14-11(15)6-16)17-10(8)4-7/h7H,2-4,6H2,1H3,(H,14,15). The fourth-order valence-electron chi connectivity index (χ4n) is 2.12. The number of rotatable bonds is 2. The van der Waals surface area contributed by atoms with Gasteiger partial charge in [-0.1, -0.05) is 19.6 Å². The smallest absolute Gasteiger partial charge is 0.235 e. The summed E-state index contributed by atoms with van der Waals surface area (Å²) < 4.78 is 0. The van der Waals surface area contributed by atoms with Crippen LogP contribution in [-0.2, 0) is 17.6 Å². The second-order valence-corrected chi connectivity index (χ2v) is 5.75. The second-order valence-electron chi connectivity index (χ2n) is 4.36. The summed E-state index contributed by atoms with van der Waals surface area (Å²) in [5, 5.41) is 12.6. The highest BCUT2D eigenvalue weighted by molar-refractivity contribution is 7.81. The lowest BCUT2D eigenvalue weighted by Crippen LogP contribution is -2.12. The highest BCUT2D eigenvalue weighted by atomic mass is 32.1. The lowest BCUT2D eigenvalue weighted by molar-refractivity contribution is -0.113. The Hall–Kier alpha value is -0.990. The van der Waals surface area contributed by atoms with Gasteiger partial charge in [-0.25, -0.2) is 0 Å². The van der Waals surface area contributed by atoms with Crippen molar-refractivity contribution in [2.45, 2.75) is 26.2 Å². The minimum Gasteiger partial charge on any atom is -0.316 e. The van der Waals surface area contributed by atoms with Crippen LogP contribution >= 0.6 is 24.0 Å². The first-order valence-electron chi connectivity index (χ1n) is 5.58. The average Bonchev–Trinajstić information content (AvgIpc) is 2.64. The van der Waals surface area contributed by atoms with Crippen LogP contribution in [0.1, 0.15) is 29.3 Å². The van der Waals surface area contributed by atoms with Crippen LogP contribution in [0.25, 0.3) is 0 Å². The van der Waals surface area contributed by atoms with E-state index in [1.54, 1.807) is 0 Å². The molecule has 1 aromatic heterocycles. The van der Waals surface area contributed by atoms with Gasteiger partial charge in [0.1, 0.15) is 11.1 Å². The number of nitrogens with zero attached hydrogens (tertiary/aromatic N) is 1. The molecule has 0 aromatic carbocycles. The van der Waals surface area contributed by atoms with Gasteiger partial charge in [0.05, 0.1) is 11.3 Å². The van der Waals surface area contributed by atoms with Gasteiger partial charge in [-0.15, -0.1) is 11.3 Å². The summed E-state index contributed by atoms with van der Waals surface area (Å²) >= 11 is 6.22. The Morgan fingerprint density at radius 2 is 2.47 bits per heavy atom. The van der Waals surface area contributed by atoms with E-state index in [1.807, 2.05) is 0 Å². The Morgan fingerprint density at radius 3 is 3.12 bits per heavy atom. The number of nitriles is 1. The predicted molar refractivity (Wildman–Crippen MR) is 71.3 cm³/mol. The number of fused-ring (bicyclic) bond motifs is 1. The maximum absolute atomic E-state index is 11.3. The van der Waals surface area contributed by atoms with E-state index in [0.717, 1.165) is 24.8 Å². The van der Waals surface area contributed by atoms with Crippen molar-refractivity contribution in [2.75, 3.05) is 11.1 Å². The number of anilines is 1. The largest absolute Gasteiger partial charge is 0.316 e. The van der Waals surface area contributed by atoms with Crippen LogP contribution in [0.15, 0.2) is 0 Å². The summed E-state index contributed by atoms with van der Waals surface area (Å²) in [6.07, 6.45) is 3.07. The Balaban J connectivity index is 2.34. The molecule has 3 nitrogen and oxygen atoms in total. The monoisotopic (exact) mass is 265 g/mol. The molecule has 0 saturated carbocycles. The van der Waals surface area contributed by atoms with Crippen LogP contribution in [0.4, 0.5) is 5.00 Å². The van der Waals surface area contributed by atoms with Crippen LogP contribution in [0, 0.1) is 17.2 Å². The molecular weight excluding hydrogens is 252 g/mol. The zero-order chi connectivity index (χ0) is 12.4. The summed E-state index contributed by atoms with van der Waals surface area (Å²) in [5.74, 6) is 0.488. The molecule has 0 spiro atoms. The van der Waals surface area contributed by atoms with Crippen molar-refractivity contribution in [1.82, 2.24) is 0 Å². The molecule has 0 fully saturated rings. The molecular formula is C12H13N2OS2. The van der Waals surface area contributed by atoms with Gasteiger partial charge in [-0.05, 0) is 30.7 Å². The first kappa shape index (κ1) is 12.5. The van der Waals surface area contributed by atoms with Crippen molar-refractivity contribution in [3.05, 3.63) is 16.0 Å². The van der Waals surface area contributed by atoms with E-state index in [9.17, 15) is 10.1 Å². The van der Waals surface area contributed by atoms with Gasteiger partial charge in [0.2, 0.25) is 5.91 Å². The van der Waals surface area contributed by atoms with E-state index in [4.69, 9.17) is 12.6 Å². The van der Waals surface area contributed by atoms with E-state index >= 15 is 0 Å². The van der Waals surface area contributed by atoms with Crippen molar-refractivity contribution >= 4 is 34.9 Å². The number of thiophene rings is 1. The number of hydrogen-bond donors (Lipinski definition) is 1. The van der Waals surface area contributed by atoms with Gasteiger partial charge in [0.25, 0.3) is 0 Å². The van der Waals surface area contributed by atoms with Crippen LogP contribution in [0.2, 0.25) is 0 Å². The van der Waals surface area contributed by atoms with Crippen LogP contribution < -0.4 is 5.32 Å². The third-order valence-electron chi connectivity index (χ3n) is 3.01. The van der Waals surface area contributed by atoms with Crippen molar-refractivity contribution < 1.29 is 4.79 Å². The Morgan fingerprint density at radius 1 is 1.71 bits per heavy atom. The third kappa shape index (κ3) is 2.48. The van der Waals surface area contributed by atoms with Gasteiger partial charge >= 0.3 is 0 Å². The third-order valence-corrected chi connectivity index (χ3v) is 4.44. The highest BCUT2D eigenvalue weighted by Gasteiger charge is 2.24. The molecule has 1 atom stereocenters. The van der Waals surface area contributed by atoms with Crippen LogP contribution in [0.5, 0.6) is 0 Å². The van der Waals surface area contributed by atoms with Gasteiger partial charge in [0, 0.05) is 4.88 Å². The summed E-state index contributed by atoms with van der Waals surface area (Å²) in [6.45, 7) is 2.22. The van der Waals surface area contributed by atoms with Crippen molar-refractivity contribution in [2.24, 2.45) is 5.92 Å². The topological polar surface area (TPSA) is 52.9 Å². The first-order valence-corrected chi connectivity index (χ1v) is 6.97. The van der Waals surface area contributed by atoms with Crippen LogP contribution in [0.3, 0.4) is 0 Å². The Labute approximate surface area is 110 Å². The maximum atomic E-state index is 11.3. The number of hydrogen-bond acceptors (Lipinski definition) is 3. The molecule has 89 valence electrons. The van der Waals surface area contributed by atoms with Gasteiger partial charge in [0.15, 0.2) is 0 Å². The molecule has 1 aromatic rings. The van der Waals surface area contributed by atoms with Gasteiger partial charge in [-0.3, -0.25) is 4.79 Å². The Kier molecular flexibility index (Phi) is 3.75. The minimum atomic E-state index is -0.205. The van der Waals surface area contributed by atoms with E-state index < -0.39 is 0 Å². The maximum Gasteiger partial charge on any atom is 0.235 e. The quantitative estimate of drug-likeness (QED) is 0.894. The van der Waals surface area contributed by atoms with Crippen LogP contribution in [-0.4, -0.2) is 11.7 Å². The summed E-state index contributed by atoms with van der Waals surface area (Å²) in [6, 6.07) is 2.21. The molecule has 5 heteroatoms. The number of carbonyl (C=O) groups excluding carboxylic acids is 1. The summed E-state index contributed by atoms with van der Waals surface area (Å²) in [5.41, 5.74) is 1.78. The van der Waals surface area contributed by atoms with E-state index in [-0.39, 0.29) is 11.7 Å². The number of nitrogens with one attached hydrogen (secondary N) is 1. The molecule has 1 unspecified atom stereocenters. The molecule has 0 bridgehead atoms. The fraction of sp³-hybridized carbons (Fsp3) is 0.500. The predicted octanol–water partition coefficient (Wildman–Crippen LogP) is 2.88. The Bertz CT molecular complexity index is 487. The van der Waals surface area contributed by atoms with Crippen molar-refractivity contribution in [3.8, 4) is 6.07 Å². The molecule has 1 heterocycles. The summed E-state index contributed by atoms with van der Waals surface area (Å²) in [7, 11) is 0. The number of amides is 1. The lowest BCUT2D eigenvalue weighted by atomic mass is 9.89. The molecule has 1 radical (unpaired) electrons. The molecule has 17 heavy (non-hydrogen) atoms. The molecule has 0 aliphatic heterocycles. The highest BCUT2D eigenvalue weighted by Crippen LogP contribution is 2.39. The minimum absolute atomic E-state index is 0.0316. The van der Waals surface area contributed by atoms with Gasteiger partial charge in [-0.2, -0.15) is 5.26 Å². The number of carbonyl (C=O) groups is 1. The first-order chi connectivity index (χ1) is 8.15. The second kappa shape index (κ2) is 5.11. The zero-order valence-corrected chi connectivity index (χ0v) is 11.2. The molecule has 1 N–H and O–H groups in total. The SMILES string of the molecule is CC1CCc2c(sc(NC(=O)C[S])c2C#N)C1. The van der Waals surface area contributed by atoms with Gasteiger partial charge < -0.3 is 5.32 Å². The molecule has 1 aliphatic rings. The molecule has 1 aliphatic carbocycles. The van der Waals surface area contributed by atoms with Crippen molar-refractivity contribution in [3.63, 3.8) is 0 Å². The molecule has 1 amide bonds. The summed E-state index contributed by atoms with van der Waals surface area (Å²) in [4.78, 5) is 12.6.